The predicted molar refractivity (Wildman–Crippen MR) is 83.3 cm³/mol. The molecule has 22 heavy (non-hydrogen) atoms. The maximum atomic E-state index is 12.2. The van der Waals surface area contributed by atoms with Crippen LogP contribution >= 0.6 is 11.6 Å². The van der Waals surface area contributed by atoms with Crippen LogP contribution in [0.4, 0.5) is 0 Å². The number of aliphatic carboxylic acids is 1. The van der Waals surface area contributed by atoms with Crippen molar-refractivity contribution in [3.05, 3.63) is 28.3 Å². The summed E-state index contributed by atoms with van der Waals surface area (Å²) in [6.07, 6.45) is 0.488. The van der Waals surface area contributed by atoms with E-state index >= 15 is 0 Å². The van der Waals surface area contributed by atoms with Crippen molar-refractivity contribution in [2.45, 2.75) is 33.2 Å². The molecule has 6 heteroatoms. The summed E-state index contributed by atoms with van der Waals surface area (Å²) in [5, 5.41) is 9.79. The zero-order chi connectivity index (χ0) is 16.4. The molecule has 2 unspecified atom stereocenters. The molecule has 2 rings (SSSR count). The van der Waals surface area contributed by atoms with Crippen LogP contribution in [0.15, 0.2) is 12.1 Å². The quantitative estimate of drug-likeness (QED) is 0.924. The fourth-order valence-electron chi connectivity index (χ4n) is 2.84. The van der Waals surface area contributed by atoms with E-state index in [4.69, 9.17) is 21.4 Å². The standard InChI is InChI=1S/C16H20ClNO4/c1-9-6-12(7-10(2)15(9)17)22-8-14(19)18-5-4-13(11(18)3)16(20)21/h6-7,11,13H,4-5,8H2,1-3H3,(H,20,21). The highest BCUT2D eigenvalue weighted by Crippen LogP contribution is 2.27. The SMILES string of the molecule is Cc1cc(OCC(=O)N2CCC(C(=O)O)C2C)cc(C)c1Cl. The number of likely N-dealkylation sites (tertiary alicyclic amines) is 1. The second kappa shape index (κ2) is 6.57. The van der Waals surface area contributed by atoms with Crippen LogP contribution < -0.4 is 4.74 Å². The van der Waals surface area contributed by atoms with E-state index in [1.54, 1.807) is 24.0 Å². The minimum Gasteiger partial charge on any atom is -0.484 e. The highest BCUT2D eigenvalue weighted by molar-refractivity contribution is 6.32. The molecule has 1 aromatic carbocycles. The third-order valence-corrected chi connectivity index (χ3v) is 4.76. The number of rotatable bonds is 4. The lowest BCUT2D eigenvalue weighted by Crippen LogP contribution is -2.40. The van der Waals surface area contributed by atoms with Crippen LogP contribution in [-0.2, 0) is 9.59 Å². The first-order valence-corrected chi connectivity index (χ1v) is 7.61. The Morgan fingerprint density at radius 2 is 1.95 bits per heavy atom. The van der Waals surface area contributed by atoms with Gasteiger partial charge in [0.2, 0.25) is 0 Å². The molecule has 2 atom stereocenters. The molecule has 1 aromatic rings. The second-order valence-corrected chi connectivity index (χ2v) is 6.10. The van der Waals surface area contributed by atoms with E-state index < -0.39 is 11.9 Å². The number of carbonyl (C=O) groups excluding carboxylic acids is 1. The fraction of sp³-hybridized carbons (Fsp3) is 0.500. The number of carboxylic acids is 1. The van der Waals surface area contributed by atoms with E-state index in [1.807, 2.05) is 13.8 Å². The van der Waals surface area contributed by atoms with Crippen molar-refractivity contribution in [3.8, 4) is 5.75 Å². The Hall–Kier alpha value is -1.75. The average molecular weight is 326 g/mol. The van der Waals surface area contributed by atoms with Crippen LogP contribution in [0.3, 0.4) is 0 Å². The number of ether oxygens (including phenoxy) is 1. The Kier molecular flexibility index (Phi) is 4.96. The molecular weight excluding hydrogens is 306 g/mol. The van der Waals surface area contributed by atoms with Crippen LogP contribution in [0.2, 0.25) is 5.02 Å². The molecule has 0 saturated carbocycles. The van der Waals surface area contributed by atoms with Gasteiger partial charge in [0.15, 0.2) is 6.61 Å². The van der Waals surface area contributed by atoms with Crippen LogP contribution in [0.25, 0.3) is 0 Å². The number of amides is 1. The van der Waals surface area contributed by atoms with E-state index in [0.29, 0.717) is 23.7 Å². The van der Waals surface area contributed by atoms with Gasteiger partial charge in [-0.25, -0.2) is 0 Å². The number of benzene rings is 1. The number of hydrogen-bond donors (Lipinski definition) is 1. The van der Waals surface area contributed by atoms with Gasteiger partial charge in [0, 0.05) is 17.6 Å². The Balaban J connectivity index is 1.98. The summed E-state index contributed by atoms with van der Waals surface area (Å²) in [5.41, 5.74) is 1.79. The van der Waals surface area contributed by atoms with Gasteiger partial charge in [-0.15, -0.1) is 0 Å². The topological polar surface area (TPSA) is 66.8 Å². The lowest BCUT2D eigenvalue weighted by molar-refractivity contribution is -0.143. The van der Waals surface area contributed by atoms with Gasteiger partial charge in [-0.2, -0.15) is 0 Å². The second-order valence-electron chi connectivity index (χ2n) is 5.72. The molecule has 0 aliphatic carbocycles. The Bertz CT molecular complexity index is 579. The molecule has 1 amide bonds. The van der Waals surface area contributed by atoms with Crippen molar-refractivity contribution >= 4 is 23.5 Å². The number of carboxylic acid groups (broad SMARTS) is 1. The molecule has 0 spiro atoms. The molecule has 1 N–H and O–H groups in total. The van der Waals surface area contributed by atoms with Crippen molar-refractivity contribution in [1.29, 1.82) is 0 Å². The van der Waals surface area contributed by atoms with E-state index in [-0.39, 0.29) is 18.6 Å². The van der Waals surface area contributed by atoms with Crippen LogP contribution in [-0.4, -0.2) is 41.1 Å². The number of carbonyl (C=O) groups is 2. The largest absolute Gasteiger partial charge is 0.484 e. The Morgan fingerprint density at radius 3 is 2.45 bits per heavy atom. The molecule has 0 aromatic heterocycles. The van der Waals surface area contributed by atoms with Crippen LogP contribution in [0.5, 0.6) is 5.75 Å². The zero-order valence-electron chi connectivity index (χ0n) is 12.9. The van der Waals surface area contributed by atoms with Gasteiger partial charge in [0.25, 0.3) is 5.91 Å². The average Bonchev–Trinajstić information content (AvgIpc) is 2.84. The van der Waals surface area contributed by atoms with Gasteiger partial charge in [-0.3, -0.25) is 9.59 Å². The minimum absolute atomic E-state index is 0.100. The van der Waals surface area contributed by atoms with Gasteiger partial charge in [0.05, 0.1) is 5.92 Å². The van der Waals surface area contributed by atoms with Gasteiger partial charge in [-0.05, 0) is 50.5 Å². The smallest absolute Gasteiger partial charge is 0.308 e. The number of nitrogens with zero attached hydrogens (tertiary/aromatic N) is 1. The first-order chi connectivity index (χ1) is 10.3. The molecule has 0 radical (unpaired) electrons. The van der Waals surface area contributed by atoms with Crippen molar-refractivity contribution in [2.24, 2.45) is 5.92 Å². The monoisotopic (exact) mass is 325 g/mol. The van der Waals surface area contributed by atoms with Crippen LogP contribution in [0, 0.1) is 19.8 Å². The normalized spacial score (nSPS) is 21.0. The van der Waals surface area contributed by atoms with E-state index in [2.05, 4.69) is 0 Å². The highest BCUT2D eigenvalue weighted by Gasteiger charge is 2.38. The third kappa shape index (κ3) is 3.35. The lowest BCUT2D eigenvalue weighted by atomic mass is 10.0. The molecule has 1 heterocycles. The summed E-state index contributed by atoms with van der Waals surface area (Å²) in [5.74, 6) is -0.951. The molecule has 1 aliphatic heterocycles. The van der Waals surface area contributed by atoms with E-state index in [0.717, 1.165) is 11.1 Å². The predicted octanol–water partition coefficient (Wildman–Crippen LogP) is 2.66. The van der Waals surface area contributed by atoms with Crippen molar-refractivity contribution in [1.82, 2.24) is 4.90 Å². The number of aryl methyl sites for hydroxylation is 2. The number of halogens is 1. The summed E-state index contributed by atoms with van der Waals surface area (Å²) < 4.78 is 5.54. The minimum atomic E-state index is -0.854. The molecule has 1 aliphatic rings. The van der Waals surface area contributed by atoms with E-state index in [9.17, 15) is 9.59 Å². The molecule has 120 valence electrons. The summed E-state index contributed by atoms with van der Waals surface area (Å²) in [6.45, 7) is 5.88. The fourth-order valence-corrected chi connectivity index (χ4v) is 2.95. The maximum Gasteiger partial charge on any atom is 0.308 e. The summed E-state index contributed by atoms with van der Waals surface area (Å²) in [4.78, 5) is 24.9. The first kappa shape index (κ1) is 16.6. The molecule has 5 nitrogen and oxygen atoms in total. The maximum absolute atomic E-state index is 12.2. The van der Waals surface area contributed by atoms with Gasteiger partial charge >= 0.3 is 5.97 Å². The summed E-state index contributed by atoms with van der Waals surface area (Å²) in [6, 6.07) is 3.27. The van der Waals surface area contributed by atoms with Crippen molar-refractivity contribution in [3.63, 3.8) is 0 Å². The first-order valence-electron chi connectivity index (χ1n) is 7.23. The third-order valence-electron chi connectivity index (χ3n) is 4.16. The Morgan fingerprint density at radius 1 is 1.36 bits per heavy atom. The molecule has 0 bridgehead atoms. The zero-order valence-corrected chi connectivity index (χ0v) is 13.7. The molecular formula is C16H20ClNO4. The van der Waals surface area contributed by atoms with Gasteiger partial charge < -0.3 is 14.7 Å². The van der Waals surface area contributed by atoms with E-state index in [1.165, 1.54) is 0 Å². The summed E-state index contributed by atoms with van der Waals surface area (Å²) in [7, 11) is 0. The van der Waals surface area contributed by atoms with Crippen molar-refractivity contribution < 1.29 is 19.4 Å². The van der Waals surface area contributed by atoms with Gasteiger partial charge in [-0.1, -0.05) is 11.6 Å². The van der Waals surface area contributed by atoms with Crippen LogP contribution in [0.1, 0.15) is 24.5 Å². The van der Waals surface area contributed by atoms with Gasteiger partial charge in [0.1, 0.15) is 5.75 Å². The van der Waals surface area contributed by atoms with Crippen molar-refractivity contribution in [2.75, 3.05) is 13.2 Å². The molecule has 1 fully saturated rings. The number of hydrogen-bond acceptors (Lipinski definition) is 3. The molecule has 1 saturated heterocycles. The highest BCUT2D eigenvalue weighted by atomic mass is 35.5. The lowest BCUT2D eigenvalue weighted by Gasteiger charge is -2.23. The summed E-state index contributed by atoms with van der Waals surface area (Å²) >= 11 is 6.09. The Labute approximate surface area is 134 Å².